The Labute approximate surface area is 163 Å². The molecule has 0 unspecified atom stereocenters. The van der Waals surface area contributed by atoms with Gasteiger partial charge < -0.3 is 14.5 Å². The van der Waals surface area contributed by atoms with Crippen molar-refractivity contribution in [3.8, 4) is 5.75 Å². The summed E-state index contributed by atoms with van der Waals surface area (Å²) in [5, 5.41) is 1.05. The molecule has 3 aromatic rings. The van der Waals surface area contributed by atoms with Crippen molar-refractivity contribution in [1.82, 2.24) is 9.88 Å². The molecular weight excluding hydrogens is 358 g/mol. The summed E-state index contributed by atoms with van der Waals surface area (Å²) in [5.74, 6) is 0.768. The third kappa shape index (κ3) is 3.49. The van der Waals surface area contributed by atoms with Crippen molar-refractivity contribution >= 4 is 32.6 Å². The number of thiazole rings is 1. The number of aryl methyl sites for hydroxylation is 2. The van der Waals surface area contributed by atoms with Crippen LogP contribution < -0.4 is 9.64 Å². The number of rotatable bonds is 3. The average Bonchev–Trinajstić information content (AvgIpc) is 3.12. The molecular formula is C21H23N3O2S. The third-order valence-corrected chi connectivity index (χ3v) is 6.23. The molecule has 1 fully saturated rings. The maximum Gasteiger partial charge on any atom is 0.254 e. The number of hydrogen-bond donors (Lipinski definition) is 0. The second-order valence-corrected chi connectivity index (χ2v) is 7.92. The van der Waals surface area contributed by atoms with Crippen molar-refractivity contribution in [2.24, 2.45) is 0 Å². The first-order valence-electron chi connectivity index (χ1n) is 9.11. The van der Waals surface area contributed by atoms with E-state index in [0.717, 1.165) is 23.7 Å². The minimum Gasteiger partial charge on any atom is -0.497 e. The number of nitrogens with zero attached hydrogens (tertiary/aromatic N) is 3. The number of fused-ring (bicyclic) bond motifs is 1. The van der Waals surface area contributed by atoms with Crippen LogP contribution in [-0.4, -0.2) is 49.1 Å². The van der Waals surface area contributed by atoms with Gasteiger partial charge in [0.2, 0.25) is 0 Å². The van der Waals surface area contributed by atoms with Gasteiger partial charge in [0.05, 0.1) is 17.3 Å². The van der Waals surface area contributed by atoms with E-state index in [-0.39, 0.29) is 5.91 Å². The molecule has 1 aromatic heterocycles. The molecule has 4 rings (SSSR count). The molecule has 6 heteroatoms. The Morgan fingerprint density at radius 1 is 1.11 bits per heavy atom. The van der Waals surface area contributed by atoms with Crippen molar-refractivity contribution in [2.75, 3.05) is 38.2 Å². The van der Waals surface area contributed by atoms with Gasteiger partial charge in [0.25, 0.3) is 5.91 Å². The van der Waals surface area contributed by atoms with Crippen LogP contribution in [0.5, 0.6) is 5.75 Å². The second-order valence-electron chi connectivity index (χ2n) is 6.94. The third-order valence-electron chi connectivity index (χ3n) is 4.96. The number of carbonyl (C=O) groups excluding carboxylic acids is 1. The van der Waals surface area contributed by atoms with E-state index in [0.29, 0.717) is 24.4 Å². The maximum atomic E-state index is 12.8. The highest BCUT2D eigenvalue weighted by molar-refractivity contribution is 7.22. The van der Waals surface area contributed by atoms with Crippen LogP contribution in [0.4, 0.5) is 5.13 Å². The first-order valence-corrected chi connectivity index (χ1v) is 9.93. The highest BCUT2D eigenvalue weighted by Gasteiger charge is 2.24. The Bertz CT molecular complexity index is 990. The Balaban J connectivity index is 1.47. The lowest BCUT2D eigenvalue weighted by molar-refractivity contribution is 0.0746. The molecule has 1 amide bonds. The standard InChI is InChI=1S/C21H23N3O2S/c1-14-11-15(2)19-18(12-14)22-21(27-19)24-9-7-23(8-10-24)20(25)16-5-4-6-17(13-16)26-3/h4-6,11-13H,7-10H2,1-3H3. The van der Waals surface area contributed by atoms with E-state index in [1.54, 1.807) is 24.5 Å². The first kappa shape index (κ1) is 17.8. The molecule has 0 bridgehead atoms. The van der Waals surface area contributed by atoms with Gasteiger partial charge in [-0.15, -0.1) is 0 Å². The molecule has 140 valence electrons. The quantitative estimate of drug-likeness (QED) is 0.691. The molecule has 1 aliphatic heterocycles. The zero-order valence-electron chi connectivity index (χ0n) is 15.9. The number of aromatic nitrogens is 1. The van der Waals surface area contributed by atoms with Gasteiger partial charge in [-0.2, -0.15) is 0 Å². The predicted molar refractivity (Wildman–Crippen MR) is 110 cm³/mol. The van der Waals surface area contributed by atoms with Crippen LogP contribution in [0.2, 0.25) is 0 Å². The van der Waals surface area contributed by atoms with Gasteiger partial charge >= 0.3 is 0 Å². The van der Waals surface area contributed by atoms with E-state index < -0.39 is 0 Å². The summed E-state index contributed by atoms with van der Waals surface area (Å²) in [6, 6.07) is 11.7. The summed E-state index contributed by atoms with van der Waals surface area (Å²) >= 11 is 1.74. The number of amides is 1. The van der Waals surface area contributed by atoms with E-state index >= 15 is 0 Å². The number of piperazine rings is 1. The van der Waals surface area contributed by atoms with E-state index in [4.69, 9.17) is 9.72 Å². The number of ether oxygens (including phenoxy) is 1. The molecule has 5 nitrogen and oxygen atoms in total. The van der Waals surface area contributed by atoms with Gasteiger partial charge in [0.15, 0.2) is 5.13 Å². The number of anilines is 1. The van der Waals surface area contributed by atoms with Crippen LogP contribution in [0.1, 0.15) is 21.5 Å². The van der Waals surface area contributed by atoms with Gasteiger partial charge in [0.1, 0.15) is 5.75 Å². The first-order chi connectivity index (χ1) is 13.0. The molecule has 0 atom stereocenters. The van der Waals surface area contributed by atoms with Crippen LogP contribution in [0.25, 0.3) is 10.2 Å². The monoisotopic (exact) mass is 381 g/mol. The van der Waals surface area contributed by atoms with Crippen molar-refractivity contribution in [3.05, 3.63) is 53.1 Å². The molecule has 0 radical (unpaired) electrons. The van der Waals surface area contributed by atoms with Crippen LogP contribution >= 0.6 is 11.3 Å². The summed E-state index contributed by atoms with van der Waals surface area (Å²) in [7, 11) is 1.61. The zero-order valence-corrected chi connectivity index (χ0v) is 16.7. The summed E-state index contributed by atoms with van der Waals surface area (Å²) in [4.78, 5) is 21.8. The number of benzene rings is 2. The lowest BCUT2D eigenvalue weighted by Crippen LogP contribution is -2.48. The smallest absolute Gasteiger partial charge is 0.254 e. The number of methoxy groups -OCH3 is 1. The summed E-state index contributed by atoms with van der Waals surface area (Å²) in [5.41, 5.74) is 4.27. The Morgan fingerprint density at radius 3 is 2.63 bits per heavy atom. The van der Waals surface area contributed by atoms with Crippen molar-refractivity contribution in [1.29, 1.82) is 0 Å². The van der Waals surface area contributed by atoms with E-state index in [1.807, 2.05) is 23.1 Å². The molecule has 2 aromatic carbocycles. The fourth-order valence-electron chi connectivity index (χ4n) is 3.54. The minimum absolute atomic E-state index is 0.0596. The topological polar surface area (TPSA) is 45.7 Å². The Kier molecular flexibility index (Phi) is 4.74. The highest BCUT2D eigenvalue weighted by atomic mass is 32.1. The lowest BCUT2D eigenvalue weighted by Gasteiger charge is -2.34. The molecule has 1 saturated heterocycles. The van der Waals surface area contributed by atoms with E-state index in [2.05, 4.69) is 30.9 Å². The van der Waals surface area contributed by atoms with Crippen LogP contribution in [0.15, 0.2) is 36.4 Å². The van der Waals surface area contributed by atoms with E-state index in [1.165, 1.54) is 15.8 Å². The van der Waals surface area contributed by atoms with Crippen LogP contribution in [0.3, 0.4) is 0 Å². The fraction of sp³-hybridized carbons (Fsp3) is 0.333. The van der Waals surface area contributed by atoms with Crippen molar-refractivity contribution < 1.29 is 9.53 Å². The van der Waals surface area contributed by atoms with Crippen molar-refractivity contribution in [2.45, 2.75) is 13.8 Å². The van der Waals surface area contributed by atoms with Crippen LogP contribution in [-0.2, 0) is 0 Å². The molecule has 1 aliphatic rings. The summed E-state index contributed by atoms with van der Waals surface area (Å²) in [6.07, 6.45) is 0. The normalized spacial score (nSPS) is 14.6. The number of hydrogen-bond acceptors (Lipinski definition) is 5. The molecule has 2 heterocycles. The SMILES string of the molecule is COc1cccc(C(=O)N2CCN(c3nc4cc(C)cc(C)c4s3)CC2)c1. The zero-order chi connectivity index (χ0) is 19.0. The predicted octanol–water partition coefficient (Wildman–Crippen LogP) is 3.88. The Hall–Kier alpha value is -2.60. The second kappa shape index (κ2) is 7.19. The van der Waals surface area contributed by atoms with Gasteiger partial charge in [-0.25, -0.2) is 4.98 Å². The van der Waals surface area contributed by atoms with Gasteiger partial charge in [-0.05, 0) is 49.2 Å². The molecule has 0 N–H and O–H groups in total. The van der Waals surface area contributed by atoms with Gasteiger partial charge in [-0.3, -0.25) is 4.79 Å². The molecule has 27 heavy (non-hydrogen) atoms. The van der Waals surface area contributed by atoms with E-state index in [9.17, 15) is 4.79 Å². The maximum absolute atomic E-state index is 12.8. The highest BCUT2D eigenvalue weighted by Crippen LogP contribution is 2.32. The summed E-state index contributed by atoms with van der Waals surface area (Å²) < 4.78 is 6.48. The fourth-order valence-corrected chi connectivity index (χ4v) is 4.61. The largest absolute Gasteiger partial charge is 0.497 e. The molecule has 0 spiro atoms. The Morgan fingerprint density at radius 2 is 1.89 bits per heavy atom. The van der Waals surface area contributed by atoms with Crippen molar-refractivity contribution in [3.63, 3.8) is 0 Å². The molecule has 0 aliphatic carbocycles. The minimum atomic E-state index is 0.0596. The van der Waals surface area contributed by atoms with Gasteiger partial charge in [0, 0.05) is 31.7 Å². The van der Waals surface area contributed by atoms with Crippen LogP contribution in [0, 0.1) is 13.8 Å². The molecule has 0 saturated carbocycles. The lowest BCUT2D eigenvalue weighted by atomic mass is 10.1. The van der Waals surface area contributed by atoms with Gasteiger partial charge in [-0.1, -0.05) is 23.5 Å². The average molecular weight is 382 g/mol. The number of carbonyl (C=O) groups is 1. The summed E-state index contributed by atoms with van der Waals surface area (Å²) in [6.45, 7) is 7.24.